The minimum Gasteiger partial charge on any atom is -0.494 e. The molecule has 2 aromatic carbocycles. The van der Waals surface area contributed by atoms with Crippen molar-refractivity contribution in [1.82, 2.24) is 15.3 Å². The normalized spacial score (nSPS) is 12.9. The number of halogens is 7. The zero-order valence-corrected chi connectivity index (χ0v) is 24.9. The Balaban J connectivity index is 1.85. The van der Waals surface area contributed by atoms with Crippen LogP contribution in [-0.2, 0) is 16.8 Å². The number of nitrogens with zero attached hydrogens (tertiary/aromatic N) is 2. The molecule has 0 aliphatic rings. The largest absolute Gasteiger partial charge is 0.494 e. The number of nitrogens with two attached hydrogens (primary N) is 1. The number of rotatable bonds is 10. The Bertz CT molecular complexity index is 1810. The van der Waals surface area contributed by atoms with E-state index in [2.05, 4.69) is 9.97 Å². The van der Waals surface area contributed by atoms with Crippen LogP contribution in [0.2, 0.25) is 10.0 Å². The van der Waals surface area contributed by atoms with Crippen molar-refractivity contribution in [3.8, 4) is 22.8 Å². The average Bonchev–Trinajstić information content (AvgIpc) is 2.97. The highest BCUT2D eigenvalue weighted by Gasteiger charge is 2.57. The highest BCUT2D eigenvalue weighted by molar-refractivity contribution is 6.33. The number of fused-ring (bicyclic) bond motifs is 1. The van der Waals surface area contributed by atoms with Crippen LogP contribution in [0.3, 0.4) is 0 Å². The molecule has 16 heteroatoms. The Hall–Kier alpha value is -4.27. The molecular weight excluding hydrogens is 650 g/mol. The van der Waals surface area contributed by atoms with E-state index in [4.69, 9.17) is 38.4 Å². The lowest BCUT2D eigenvalue weighted by atomic mass is 9.93. The SMILES string of the molecule is CCOc1c(CC(N)=O)cc([C@@](O)(CNC(=O)c2cc(OC)c3ncc(Cl)cc3c2)C(F)(F)F)nc1-c1ccc(F)c(F)c1Cl. The molecule has 4 N–H and O–H groups in total. The first-order valence-corrected chi connectivity index (χ1v) is 13.7. The Kier molecular flexibility index (Phi) is 9.71. The number of methoxy groups -OCH3 is 1. The van der Waals surface area contributed by atoms with Crippen LogP contribution in [0.4, 0.5) is 22.0 Å². The van der Waals surface area contributed by atoms with Gasteiger partial charge in [0, 0.05) is 28.3 Å². The van der Waals surface area contributed by atoms with Crippen LogP contribution in [-0.4, -0.2) is 53.3 Å². The van der Waals surface area contributed by atoms with E-state index in [1.165, 1.54) is 38.4 Å². The van der Waals surface area contributed by atoms with Gasteiger partial charge in [-0.05, 0) is 43.3 Å². The quantitative estimate of drug-likeness (QED) is 0.150. The molecule has 0 spiro atoms. The number of benzene rings is 2. The van der Waals surface area contributed by atoms with Gasteiger partial charge in [0.15, 0.2) is 11.6 Å². The smallest absolute Gasteiger partial charge is 0.424 e. The minimum atomic E-state index is -5.49. The summed E-state index contributed by atoms with van der Waals surface area (Å²) in [5.41, 5.74) is -0.766. The summed E-state index contributed by atoms with van der Waals surface area (Å²) in [4.78, 5) is 33.0. The third-order valence-corrected chi connectivity index (χ3v) is 7.16. The van der Waals surface area contributed by atoms with Gasteiger partial charge in [0.05, 0.1) is 42.4 Å². The number of ether oxygens (including phenoxy) is 2. The maximum absolute atomic E-state index is 14.6. The first-order chi connectivity index (χ1) is 21.1. The summed E-state index contributed by atoms with van der Waals surface area (Å²) in [6.45, 7) is -0.0754. The molecule has 4 aromatic rings. The van der Waals surface area contributed by atoms with Gasteiger partial charge in [0.2, 0.25) is 11.5 Å². The Morgan fingerprint density at radius 1 is 1.11 bits per heavy atom. The second kappa shape index (κ2) is 13.0. The molecule has 2 heterocycles. The van der Waals surface area contributed by atoms with Crippen LogP contribution >= 0.6 is 23.2 Å². The maximum atomic E-state index is 14.6. The van der Waals surface area contributed by atoms with E-state index in [-0.39, 0.29) is 34.3 Å². The van der Waals surface area contributed by atoms with Gasteiger partial charge in [-0.25, -0.2) is 13.8 Å². The van der Waals surface area contributed by atoms with Crippen molar-refractivity contribution in [3.05, 3.63) is 81.1 Å². The summed E-state index contributed by atoms with van der Waals surface area (Å²) in [6, 6.07) is 6.32. The molecule has 2 aromatic heterocycles. The number of hydrogen-bond acceptors (Lipinski definition) is 7. The fraction of sp³-hybridized carbons (Fsp3) is 0.241. The van der Waals surface area contributed by atoms with Crippen molar-refractivity contribution in [3.63, 3.8) is 0 Å². The van der Waals surface area contributed by atoms with E-state index in [0.717, 1.165) is 12.1 Å². The van der Waals surface area contributed by atoms with E-state index in [1.54, 1.807) is 0 Å². The fourth-order valence-electron chi connectivity index (χ4n) is 4.44. The molecule has 9 nitrogen and oxygen atoms in total. The number of primary amides is 1. The van der Waals surface area contributed by atoms with E-state index >= 15 is 0 Å². The van der Waals surface area contributed by atoms with Crippen molar-refractivity contribution in [1.29, 1.82) is 0 Å². The fourth-order valence-corrected chi connectivity index (χ4v) is 4.85. The minimum absolute atomic E-state index is 0.101. The molecule has 0 radical (unpaired) electrons. The molecule has 0 unspecified atom stereocenters. The number of nitrogens with one attached hydrogen (secondary N) is 1. The van der Waals surface area contributed by atoms with Gasteiger partial charge in [-0.2, -0.15) is 13.2 Å². The zero-order chi connectivity index (χ0) is 33.3. The topological polar surface area (TPSA) is 137 Å². The summed E-state index contributed by atoms with van der Waals surface area (Å²) >= 11 is 12.0. The van der Waals surface area contributed by atoms with Crippen LogP contribution in [0.5, 0.6) is 11.5 Å². The number of hydrogen-bond donors (Lipinski definition) is 3. The van der Waals surface area contributed by atoms with Gasteiger partial charge in [-0.1, -0.05) is 23.2 Å². The number of amides is 2. The van der Waals surface area contributed by atoms with Gasteiger partial charge in [-0.3, -0.25) is 14.6 Å². The van der Waals surface area contributed by atoms with Crippen LogP contribution in [0.1, 0.15) is 28.5 Å². The number of carbonyl (C=O) groups is 2. The lowest BCUT2D eigenvalue weighted by Gasteiger charge is -2.31. The number of aliphatic hydroxyl groups is 1. The molecule has 1 atom stereocenters. The number of carbonyl (C=O) groups excluding carboxylic acids is 2. The first kappa shape index (κ1) is 33.6. The molecule has 238 valence electrons. The predicted molar refractivity (Wildman–Crippen MR) is 154 cm³/mol. The van der Waals surface area contributed by atoms with E-state index < -0.39 is 70.2 Å². The molecule has 2 amide bonds. The van der Waals surface area contributed by atoms with Gasteiger partial charge >= 0.3 is 6.18 Å². The van der Waals surface area contributed by atoms with E-state index in [0.29, 0.717) is 17.0 Å². The second-order valence-electron chi connectivity index (χ2n) is 9.59. The number of pyridine rings is 2. The van der Waals surface area contributed by atoms with Gasteiger partial charge in [0.1, 0.15) is 22.7 Å². The van der Waals surface area contributed by atoms with Crippen LogP contribution in [0.15, 0.2) is 42.6 Å². The average molecular weight is 673 g/mol. The van der Waals surface area contributed by atoms with Crippen molar-refractivity contribution < 1.29 is 46.1 Å². The lowest BCUT2D eigenvalue weighted by Crippen LogP contribution is -2.51. The van der Waals surface area contributed by atoms with Crippen LogP contribution < -0.4 is 20.5 Å². The standard InChI is InChI=1S/C29H23Cl2F5N4O5/c1-3-45-26-14(10-21(37)41)9-20(40-25(26)17-4-5-18(32)23(33)22(17)31)28(43,29(34,35)36)12-39-27(42)15-6-13-7-16(30)11-38-24(13)19(8-15)44-2/h4-9,11,43H,3,10,12H2,1-2H3,(H2,37,41)(H,39,42)/t28-/m0/s1. The highest BCUT2D eigenvalue weighted by atomic mass is 35.5. The van der Waals surface area contributed by atoms with Crippen molar-refractivity contribution in [2.24, 2.45) is 5.73 Å². The molecule has 0 saturated heterocycles. The molecule has 4 rings (SSSR count). The molecule has 0 saturated carbocycles. The summed E-state index contributed by atoms with van der Waals surface area (Å²) in [5.74, 6) is -5.12. The predicted octanol–water partition coefficient (Wildman–Crippen LogP) is 5.50. The van der Waals surface area contributed by atoms with Gasteiger partial charge in [0.25, 0.3) is 5.91 Å². The second-order valence-corrected chi connectivity index (χ2v) is 10.4. The van der Waals surface area contributed by atoms with Gasteiger partial charge in [-0.15, -0.1) is 0 Å². The maximum Gasteiger partial charge on any atom is 0.424 e. The summed E-state index contributed by atoms with van der Waals surface area (Å²) in [7, 11) is 1.30. The van der Waals surface area contributed by atoms with Crippen molar-refractivity contribution in [2.75, 3.05) is 20.3 Å². The monoisotopic (exact) mass is 672 g/mol. The molecule has 45 heavy (non-hydrogen) atoms. The Morgan fingerprint density at radius 3 is 2.44 bits per heavy atom. The Morgan fingerprint density at radius 2 is 1.82 bits per heavy atom. The molecule has 0 aliphatic carbocycles. The van der Waals surface area contributed by atoms with Crippen LogP contribution in [0.25, 0.3) is 22.2 Å². The van der Waals surface area contributed by atoms with Crippen LogP contribution in [0, 0.1) is 11.6 Å². The summed E-state index contributed by atoms with van der Waals surface area (Å²) in [6.07, 6.45) is -4.85. The number of alkyl halides is 3. The van der Waals surface area contributed by atoms with Gasteiger partial charge < -0.3 is 25.6 Å². The van der Waals surface area contributed by atoms with E-state index in [9.17, 15) is 36.6 Å². The zero-order valence-electron chi connectivity index (χ0n) is 23.4. The number of aromatic nitrogens is 2. The molecule has 0 aliphatic heterocycles. The molecule has 0 bridgehead atoms. The summed E-state index contributed by atoms with van der Waals surface area (Å²) < 4.78 is 83.0. The third-order valence-electron chi connectivity index (χ3n) is 6.59. The molecule has 0 fully saturated rings. The third kappa shape index (κ3) is 6.72. The van der Waals surface area contributed by atoms with Crippen molar-refractivity contribution in [2.45, 2.75) is 25.1 Å². The van der Waals surface area contributed by atoms with E-state index in [1.807, 2.05) is 5.32 Å². The lowest BCUT2D eigenvalue weighted by molar-refractivity contribution is -0.265. The Labute approximate surface area is 262 Å². The molecular formula is C29H23Cl2F5N4O5. The summed E-state index contributed by atoms with van der Waals surface area (Å²) in [5, 5.41) is 12.9. The highest BCUT2D eigenvalue weighted by Crippen LogP contribution is 2.43. The van der Waals surface area contributed by atoms with Crippen molar-refractivity contribution >= 4 is 45.9 Å². The first-order valence-electron chi connectivity index (χ1n) is 12.9.